The number of hydrogen-bond acceptors (Lipinski definition) is 4. The van der Waals surface area contributed by atoms with E-state index in [1.807, 2.05) is 0 Å². The minimum absolute atomic E-state index is 0.0587. The van der Waals surface area contributed by atoms with E-state index in [1.54, 1.807) is 14.2 Å². The van der Waals surface area contributed by atoms with Gasteiger partial charge in [-0.2, -0.15) is 0 Å². The topological polar surface area (TPSA) is 69.2 Å². The minimum atomic E-state index is -0.0587. The molecule has 0 spiro atoms. The molecule has 25 heavy (non-hydrogen) atoms. The second-order valence-electron chi connectivity index (χ2n) is 6.06. The van der Waals surface area contributed by atoms with Crippen molar-refractivity contribution in [1.82, 2.24) is 15.5 Å². The summed E-state index contributed by atoms with van der Waals surface area (Å²) in [4.78, 5) is 20.7. The molecule has 0 radical (unpaired) electrons. The lowest BCUT2D eigenvalue weighted by atomic mass is 10.2. The summed E-state index contributed by atoms with van der Waals surface area (Å²) in [5.41, 5.74) is 2.54. The van der Waals surface area contributed by atoms with Gasteiger partial charge in [0.25, 0.3) is 0 Å². The van der Waals surface area contributed by atoms with Crippen LogP contribution in [0.25, 0.3) is 0 Å². The zero-order valence-corrected chi connectivity index (χ0v) is 15.4. The molecule has 0 bridgehead atoms. The van der Waals surface area contributed by atoms with E-state index in [0.717, 1.165) is 32.1 Å². The normalized spacial score (nSPS) is 15.2. The van der Waals surface area contributed by atoms with Gasteiger partial charge in [-0.1, -0.05) is 12.1 Å². The summed E-state index contributed by atoms with van der Waals surface area (Å²) < 4.78 is 4.92. The highest BCUT2D eigenvalue weighted by atomic mass is 16.5. The van der Waals surface area contributed by atoms with Gasteiger partial charge in [0.1, 0.15) is 0 Å². The molecule has 7 nitrogen and oxygen atoms in total. The maximum Gasteiger partial charge on any atom is 0.239 e. The molecule has 2 N–H and O–H groups in total. The Morgan fingerprint density at radius 1 is 1.24 bits per heavy atom. The Hall–Kier alpha value is -2.28. The molecule has 1 aromatic carbocycles. The van der Waals surface area contributed by atoms with Gasteiger partial charge in [0.15, 0.2) is 5.96 Å². The number of carbonyl (C=O) groups excluding carboxylic acids is 1. The fourth-order valence-electron chi connectivity index (χ4n) is 2.85. The Bertz CT molecular complexity index is 583. The summed E-state index contributed by atoms with van der Waals surface area (Å²) in [6, 6.07) is 8.58. The van der Waals surface area contributed by atoms with E-state index < -0.39 is 0 Å². The van der Waals surface area contributed by atoms with Crippen molar-refractivity contribution in [2.45, 2.75) is 6.92 Å². The molecular weight excluding hydrogens is 318 g/mol. The van der Waals surface area contributed by atoms with Gasteiger partial charge >= 0.3 is 0 Å². The van der Waals surface area contributed by atoms with Gasteiger partial charge in [0.05, 0.1) is 13.2 Å². The molecule has 1 aliphatic rings. The molecule has 0 atom stereocenters. The number of ether oxygens (including phenoxy) is 1. The number of guanidine groups is 1. The maximum absolute atomic E-state index is 11.8. The lowest BCUT2D eigenvalue weighted by Crippen LogP contribution is -2.53. The van der Waals surface area contributed by atoms with Crippen LogP contribution in [-0.2, 0) is 9.53 Å². The van der Waals surface area contributed by atoms with Crippen molar-refractivity contribution >= 4 is 17.6 Å². The number of nitrogens with one attached hydrogen (secondary N) is 2. The van der Waals surface area contributed by atoms with Crippen molar-refractivity contribution in [2.75, 3.05) is 64.9 Å². The number of amides is 1. The summed E-state index contributed by atoms with van der Waals surface area (Å²) in [6.45, 7) is 6.98. The van der Waals surface area contributed by atoms with Crippen LogP contribution >= 0.6 is 0 Å². The summed E-state index contributed by atoms with van der Waals surface area (Å²) in [6.07, 6.45) is 0. The molecule has 1 fully saturated rings. The van der Waals surface area contributed by atoms with E-state index >= 15 is 0 Å². The van der Waals surface area contributed by atoms with Crippen LogP contribution < -0.4 is 15.5 Å². The standard InChI is InChI=1S/C18H29N5O2/c1-15-5-4-6-16(13-15)22-8-10-23(11-9-22)18(19-2)21-14-17(24)20-7-12-25-3/h4-6,13H,7-12,14H2,1-3H3,(H,19,21)(H,20,24). The number of hydrogen-bond donors (Lipinski definition) is 2. The summed E-state index contributed by atoms with van der Waals surface area (Å²) in [5, 5.41) is 5.93. The zero-order chi connectivity index (χ0) is 18.1. The van der Waals surface area contributed by atoms with Gasteiger partial charge in [0.2, 0.25) is 5.91 Å². The smallest absolute Gasteiger partial charge is 0.239 e. The Labute approximate surface area is 150 Å². The Kier molecular flexibility index (Phi) is 7.53. The van der Waals surface area contributed by atoms with Crippen LogP contribution in [0, 0.1) is 6.92 Å². The zero-order valence-electron chi connectivity index (χ0n) is 15.4. The predicted molar refractivity (Wildman–Crippen MR) is 101 cm³/mol. The summed E-state index contributed by atoms with van der Waals surface area (Å²) in [7, 11) is 3.36. The predicted octanol–water partition coefficient (Wildman–Crippen LogP) is 0.455. The van der Waals surface area contributed by atoms with Crippen molar-refractivity contribution in [3.05, 3.63) is 29.8 Å². The molecule has 1 aromatic rings. The van der Waals surface area contributed by atoms with Crippen molar-refractivity contribution < 1.29 is 9.53 Å². The number of piperazine rings is 1. The summed E-state index contributed by atoms with van der Waals surface area (Å²) >= 11 is 0. The van der Waals surface area contributed by atoms with E-state index in [-0.39, 0.29) is 12.5 Å². The van der Waals surface area contributed by atoms with Gasteiger partial charge in [-0.05, 0) is 24.6 Å². The number of carbonyl (C=O) groups is 1. The molecule has 1 saturated heterocycles. The molecule has 0 unspecified atom stereocenters. The molecular formula is C18H29N5O2. The van der Waals surface area contributed by atoms with E-state index in [0.29, 0.717) is 13.2 Å². The largest absolute Gasteiger partial charge is 0.383 e. The van der Waals surface area contributed by atoms with Crippen molar-refractivity contribution in [2.24, 2.45) is 4.99 Å². The number of aliphatic imine (C=N–C) groups is 1. The van der Waals surface area contributed by atoms with Gasteiger partial charge in [0, 0.05) is 52.6 Å². The highest BCUT2D eigenvalue weighted by Crippen LogP contribution is 2.17. The first-order chi connectivity index (χ1) is 12.1. The number of benzene rings is 1. The van der Waals surface area contributed by atoms with Crippen LogP contribution in [-0.4, -0.2) is 76.8 Å². The maximum atomic E-state index is 11.8. The van der Waals surface area contributed by atoms with Crippen LogP contribution in [0.3, 0.4) is 0 Å². The SMILES string of the molecule is CN=C(NCC(=O)NCCOC)N1CCN(c2cccc(C)c2)CC1. The molecule has 7 heteroatoms. The molecule has 0 aliphatic carbocycles. The lowest BCUT2D eigenvalue weighted by molar-refractivity contribution is -0.120. The third-order valence-electron chi connectivity index (χ3n) is 4.19. The third kappa shape index (κ3) is 5.94. The Morgan fingerprint density at radius 2 is 2.00 bits per heavy atom. The summed E-state index contributed by atoms with van der Waals surface area (Å²) in [5.74, 6) is 0.711. The first kappa shape index (κ1) is 19.1. The fraction of sp³-hybridized carbons (Fsp3) is 0.556. The molecule has 2 rings (SSSR count). The minimum Gasteiger partial charge on any atom is -0.383 e. The van der Waals surface area contributed by atoms with Gasteiger partial charge < -0.3 is 25.2 Å². The molecule has 1 aliphatic heterocycles. The second-order valence-corrected chi connectivity index (χ2v) is 6.06. The molecule has 0 aromatic heterocycles. The van der Waals surface area contributed by atoms with E-state index in [2.05, 4.69) is 56.6 Å². The highest BCUT2D eigenvalue weighted by molar-refractivity contribution is 5.86. The number of anilines is 1. The van der Waals surface area contributed by atoms with Crippen LogP contribution in [0.2, 0.25) is 0 Å². The van der Waals surface area contributed by atoms with Gasteiger partial charge in [-0.15, -0.1) is 0 Å². The van der Waals surface area contributed by atoms with Crippen LogP contribution in [0.15, 0.2) is 29.3 Å². The molecule has 138 valence electrons. The second kappa shape index (κ2) is 9.88. The number of aryl methyl sites for hydroxylation is 1. The lowest BCUT2D eigenvalue weighted by Gasteiger charge is -2.37. The van der Waals surface area contributed by atoms with E-state index in [4.69, 9.17) is 4.74 Å². The van der Waals surface area contributed by atoms with Gasteiger partial charge in [-0.3, -0.25) is 9.79 Å². The Balaban J connectivity index is 1.79. The number of methoxy groups -OCH3 is 1. The monoisotopic (exact) mass is 347 g/mol. The van der Waals surface area contributed by atoms with Crippen molar-refractivity contribution in [1.29, 1.82) is 0 Å². The fourth-order valence-corrected chi connectivity index (χ4v) is 2.85. The van der Waals surface area contributed by atoms with Crippen LogP contribution in [0.5, 0.6) is 0 Å². The average molecular weight is 347 g/mol. The average Bonchev–Trinajstić information content (AvgIpc) is 2.63. The van der Waals surface area contributed by atoms with Crippen molar-refractivity contribution in [3.8, 4) is 0 Å². The highest BCUT2D eigenvalue weighted by Gasteiger charge is 2.20. The molecule has 0 saturated carbocycles. The molecule has 1 heterocycles. The number of nitrogens with zero attached hydrogens (tertiary/aromatic N) is 3. The van der Waals surface area contributed by atoms with E-state index in [9.17, 15) is 4.79 Å². The third-order valence-corrected chi connectivity index (χ3v) is 4.19. The number of rotatable bonds is 6. The quantitative estimate of drug-likeness (QED) is 0.444. The van der Waals surface area contributed by atoms with Gasteiger partial charge in [-0.25, -0.2) is 0 Å². The first-order valence-corrected chi connectivity index (χ1v) is 8.67. The van der Waals surface area contributed by atoms with Crippen LogP contribution in [0.1, 0.15) is 5.56 Å². The first-order valence-electron chi connectivity index (χ1n) is 8.67. The molecule has 1 amide bonds. The van der Waals surface area contributed by atoms with Crippen molar-refractivity contribution in [3.63, 3.8) is 0 Å². The van der Waals surface area contributed by atoms with E-state index in [1.165, 1.54) is 11.3 Å². The Morgan fingerprint density at radius 3 is 2.64 bits per heavy atom. The van der Waals surface area contributed by atoms with Crippen LogP contribution in [0.4, 0.5) is 5.69 Å².